The fourth-order valence-corrected chi connectivity index (χ4v) is 3.07. The molecule has 23 heavy (non-hydrogen) atoms. The van der Waals surface area contributed by atoms with Crippen molar-refractivity contribution >= 4 is 11.6 Å². The highest BCUT2D eigenvalue weighted by molar-refractivity contribution is 5.46. The summed E-state index contributed by atoms with van der Waals surface area (Å²) in [6, 6.07) is 10.4. The minimum Gasteiger partial charge on any atom is -0.491 e. The first kappa shape index (κ1) is 15.6. The lowest BCUT2D eigenvalue weighted by Gasteiger charge is -2.33. The zero-order valence-electron chi connectivity index (χ0n) is 13.8. The molecule has 1 aromatic carbocycles. The summed E-state index contributed by atoms with van der Waals surface area (Å²) in [4.78, 5) is 10.6. The lowest BCUT2D eigenvalue weighted by Crippen LogP contribution is -2.33. The molecule has 1 fully saturated rings. The van der Waals surface area contributed by atoms with Crippen molar-refractivity contribution in [2.45, 2.75) is 38.7 Å². The number of rotatable bonds is 4. The third-order valence-corrected chi connectivity index (χ3v) is 4.22. The van der Waals surface area contributed by atoms with Gasteiger partial charge in [0.05, 0.1) is 6.10 Å². The molecule has 3 rings (SSSR count). The van der Waals surface area contributed by atoms with Gasteiger partial charge >= 0.3 is 0 Å². The molecule has 5 heteroatoms. The van der Waals surface area contributed by atoms with Crippen molar-refractivity contribution in [3.8, 4) is 5.75 Å². The van der Waals surface area contributed by atoms with Gasteiger partial charge in [-0.15, -0.1) is 0 Å². The van der Waals surface area contributed by atoms with Crippen molar-refractivity contribution < 1.29 is 4.74 Å². The Hall–Kier alpha value is -2.30. The lowest BCUT2D eigenvalue weighted by molar-refractivity contribution is 0.242. The molecule has 0 radical (unpaired) electrons. The Kier molecular flexibility index (Phi) is 4.65. The SMILES string of the molecule is CC(C)Oc1ccc(C2CCN(c3cc(N)ncn3)CC2)cc1. The van der Waals surface area contributed by atoms with E-state index in [9.17, 15) is 0 Å². The second-order valence-corrected chi connectivity index (χ2v) is 6.30. The van der Waals surface area contributed by atoms with E-state index in [0.717, 1.165) is 37.5 Å². The summed E-state index contributed by atoms with van der Waals surface area (Å²) in [6.07, 6.45) is 3.98. The van der Waals surface area contributed by atoms with Crippen LogP contribution in [0.4, 0.5) is 11.6 Å². The molecule has 1 aromatic heterocycles. The molecule has 0 bridgehead atoms. The highest BCUT2D eigenvalue weighted by Crippen LogP contribution is 2.31. The fourth-order valence-electron chi connectivity index (χ4n) is 3.07. The van der Waals surface area contributed by atoms with Crippen molar-refractivity contribution in [3.05, 3.63) is 42.2 Å². The number of aromatic nitrogens is 2. The van der Waals surface area contributed by atoms with E-state index in [1.54, 1.807) is 0 Å². The van der Waals surface area contributed by atoms with Gasteiger partial charge in [0.25, 0.3) is 0 Å². The Morgan fingerprint density at radius 2 is 1.83 bits per heavy atom. The second kappa shape index (κ2) is 6.86. The predicted octanol–water partition coefficient (Wildman–Crippen LogP) is 3.23. The van der Waals surface area contributed by atoms with Crippen molar-refractivity contribution in [2.75, 3.05) is 23.7 Å². The van der Waals surface area contributed by atoms with E-state index >= 15 is 0 Å². The van der Waals surface area contributed by atoms with Gasteiger partial charge in [-0.2, -0.15) is 0 Å². The largest absolute Gasteiger partial charge is 0.491 e. The molecule has 0 saturated carbocycles. The van der Waals surface area contributed by atoms with Crippen LogP contribution in [0, 0.1) is 0 Å². The number of hydrogen-bond donors (Lipinski definition) is 1. The predicted molar refractivity (Wildman–Crippen MR) is 92.8 cm³/mol. The van der Waals surface area contributed by atoms with E-state index in [2.05, 4.69) is 39.1 Å². The molecule has 1 saturated heterocycles. The van der Waals surface area contributed by atoms with Crippen LogP contribution < -0.4 is 15.4 Å². The maximum absolute atomic E-state index is 5.74. The molecule has 2 aromatic rings. The number of anilines is 2. The van der Waals surface area contributed by atoms with Crippen LogP contribution in [0.5, 0.6) is 5.75 Å². The number of nitrogens with zero attached hydrogens (tertiary/aromatic N) is 3. The Balaban J connectivity index is 1.60. The van der Waals surface area contributed by atoms with E-state index in [-0.39, 0.29) is 6.10 Å². The molecule has 2 N–H and O–H groups in total. The van der Waals surface area contributed by atoms with Crippen LogP contribution in [0.15, 0.2) is 36.7 Å². The van der Waals surface area contributed by atoms with Gasteiger partial charge in [-0.05, 0) is 50.3 Å². The number of benzene rings is 1. The molecule has 0 unspecified atom stereocenters. The second-order valence-electron chi connectivity index (χ2n) is 6.30. The van der Waals surface area contributed by atoms with E-state index in [1.165, 1.54) is 11.9 Å². The zero-order chi connectivity index (χ0) is 16.2. The van der Waals surface area contributed by atoms with Crippen LogP contribution in [0.25, 0.3) is 0 Å². The van der Waals surface area contributed by atoms with Gasteiger partial charge in [0, 0.05) is 19.2 Å². The van der Waals surface area contributed by atoms with Crippen LogP contribution in [0.2, 0.25) is 0 Å². The van der Waals surface area contributed by atoms with Gasteiger partial charge in [0.15, 0.2) is 0 Å². The van der Waals surface area contributed by atoms with Crippen molar-refractivity contribution in [1.82, 2.24) is 9.97 Å². The average Bonchev–Trinajstić information content (AvgIpc) is 2.55. The molecule has 1 aliphatic rings. The minimum atomic E-state index is 0.212. The lowest BCUT2D eigenvalue weighted by atomic mass is 9.89. The van der Waals surface area contributed by atoms with E-state index < -0.39 is 0 Å². The number of nitrogens with two attached hydrogens (primary N) is 1. The van der Waals surface area contributed by atoms with E-state index in [4.69, 9.17) is 10.5 Å². The quantitative estimate of drug-likeness (QED) is 0.939. The summed E-state index contributed by atoms with van der Waals surface area (Å²) in [5.41, 5.74) is 7.13. The monoisotopic (exact) mass is 312 g/mol. The van der Waals surface area contributed by atoms with Gasteiger partial charge in [0.1, 0.15) is 23.7 Å². The van der Waals surface area contributed by atoms with Crippen LogP contribution in [-0.2, 0) is 0 Å². The summed E-state index contributed by atoms with van der Waals surface area (Å²) >= 11 is 0. The molecule has 0 aliphatic carbocycles. The molecule has 2 heterocycles. The molecular weight excluding hydrogens is 288 g/mol. The Morgan fingerprint density at radius 3 is 2.43 bits per heavy atom. The van der Waals surface area contributed by atoms with Gasteiger partial charge in [-0.25, -0.2) is 9.97 Å². The third kappa shape index (κ3) is 3.92. The third-order valence-electron chi connectivity index (χ3n) is 4.22. The summed E-state index contributed by atoms with van der Waals surface area (Å²) in [7, 11) is 0. The smallest absolute Gasteiger partial charge is 0.134 e. The molecule has 0 spiro atoms. The van der Waals surface area contributed by atoms with Crippen LogP contribution in [-0.4, -0.2) is 29.2 Å². The average molecular weight is 312 g/mol. The maximum Gasteiger partial charge on any atom is 0.134 e. The molecule has 122 valence electrons. The fraction of sp³-hybridized carbons (Fsp3) is 0.444. The van der Waals surface area contributed by atoms with E-state index in [1.807, 2.05) is 19.9 Å². The number of nitrogen functional groups attached to an aromatic ring is 1. The number of ether oxygens (including phenoxy) is 1. The van der Waals surface area contributed by atoms with Gasteiger partial charge < -0.3 is 15.4 Å². The Bertz CT molecular complexity index is 634. The maximum atomic E-state index is 5.74. The van der Waals surface area contributed by atoms with Gasteiger partial charge in [0.2, 0.25) is 0 Å². The van der Waals surface area contributed by atoms with Crippen molar-refractivity contribution in [1.29, 1.82) is 0 Å². The molecule has 1 aliphatic heterocycles. The van der Waals surface area contributed by atoms with E-state index in [0.29, 0.717) is 11.7 Å². The molecule has 0 amide bonds. The highest BCUT2D eigenvalue weighted by atomic mass is 16.5. The van der Waals surface area contributed by atoms with Crippen LogP contribution >= 0.6 is 0 Å². The summed E-state index contributed by atoms with van der Waals surface area (Å²) < 4.78 is 5.71. The van der Waals surface area contributed by atoms with Crippen molar-refractivity contribution in [2.24, 2.45) is 0 Å². The van der Waals surface area contributed by atoms with Gasteiger partial charge in [-0.3, -0.25) is 0 Å². The van der Waals surface area contributed by atoms with Crippen molar-refractivity contribution in [3.63, 3.8) is 0 Å². The molecule has 5 nitrogen and oxygen atoms in total. The number of hydrogen-bond acceptors (Lipinski definition) is 5. The van der Waals surface area contributed by atoms with Crippen LogP contribution in [0.1, 0.15) is 38.2 Å². The number of piperidine rings is 1. The summed E-state index contributed by atoms with van der Waals surface area (Å²) in [5.74, 6) is 2.99. The Labute approximate surface area is 137 Å². The first-order valence-electron chi connectivity index (χ1n) is 8.21. The summed E-state index contributed by atoms with van der Waals surface area (Å²) in [6.45, 7) is 6.07. The summed E-state index contributed by atoms with van der Waals surface area (Å²) in [5, 5.41) is 0. The highest BCUT2D eigenvalue weighted by Gasteiger charge is 2.21. The minimum absolute atomic E-state index is 0.212. The van der Waals surface area contributed by atoms with Crippen LogP contribution in [0.3, 0.4) is 0 Å². The molecule has 0 atom stereocenters. The first-order valence-corrected chi connectivity index (χ1v) is 8.21. The molecular formula is C18H24N4O. The Morgan fingerprint density at radius 1 is 1.13 bits per heavy atom. The normalized spacial score (nSPS) is 15.9. The topological polar surface area (TPSA) is 64.3 Å². The standard InChI is InChI=1S/C18H24N4O/c1-13(2)23-16-5-3-14(4-6-16)15-7-9-22(10-8-15)18-11-17(19)20-12-21-18/h3-6,11-13,15H,7-10H2,1-2H3,(H2,19,20,21). The first-order chi connectivity index (χ1) is 11.1. The van der Waals surface area contributed by atoms with Gasteiger partial charge in [-0.1, -0.05) is 12.1 Å². The zero-order valence-corrected chi connectivity index (χ0v) is 13.8.